The molecule has 1 heterocycles. The summed E-state index contributed by atoms with van der Waals surface area (Å²) in [6.45, 7) is 0. The van der Waals surface area contributed by atoms with E-state index < -0.39 is 15.8 Å². The van der Waals surface area contributed by atoms with Crippen LogP contribution in [0.2, 0.25) is 15.3 Å². The molecule has 20 heavy (non-hydrogen) atoms. The van der Waals surface area contributed by atoms with Crippen LogP contribution in [0, 0.1) is 5.82 Å². The highest BCUT2D eigenvalue weighted by Gasteiger charge is 2.20. The first-order chi connectivity index (χ1) is 9.31. The molecule has 106 valence electrons. The second kappa shape index (κ2) is 5.69. The first kappa shape index (κ1) is 15.2. The third kappa shape index (κ3) is 3.12. The van der Waals surface area contributed by atoms with Crippen molar-refractivity contribution in [1.82, 2.24) is 9.97 Å². The van der Waals surface area contributed by atoms with E-state index in [1.54, 1.807) is 0 Å². The van der Waals surface area contributed by atoms with Crippen LogP contribution in [0.4, 0.5) is 10.1 Å². The van der Waals surface area contributed by atoms with E-state index in [2.05, 4.69) is 14.7 Å². The van der Waals surface area contributed by atoms with E-state index in [0.29, 0.717) is 0 Å². The van der Waals surface area contributed by atoms with E-state index >= 15 is 0 Å². The summed E-state index contributed by atoms with van der Waals surface area (Å²) in [7, 11) is -4.05. The van der Waals surface area contributed by atoms with Crippen LogP contribution in [0.1, 0.15) is 0 Å². The van der Waals surface area contributed by atoms with Gasteiger partial charge in [0.25, 0.3) is 10.0 Å². The van der Waals surface area contributed by atoms with Gasteiger partial charge in [-0.1, -0.05) is 34.8 Å². The smallest absolute Gasteiger partial charge is 0.262 e. The number of rotatable bonds is 3. The van der Waals surface area contributed by atoms with Crippen LogP contribution in [-0.2, 0) is 10.0 Å². The average molecular weight is 357 g/mol. The van der Waals surface area contributed by atoms with Gasteiger partial charge in [-0.15, -0.1) is 0 Å². The molecule has 1 aromatic heterocycles. The fraction of sp³-hybridized carbons (Fsp3) is 0. The Kier molecular flexibility index (Phi) is 4.33. The van der Waals surface area contributed by atoms with Crippen molar-refractivity contribution in [2.75, 3.05) is 4.72 Å². The monoisotopic (exact) mass is 355 g/mol. The molecule has 0 bridgehead atoms. The maximum Gasteiger partial charge on any atom is 0.262 e. The van der Waals surface area contributed by atoms with Crippen molar-refractivity contribution in [3.63, 3.8) is 0 Å². The minimum absolute atomic E-state index is 0.165. The van der Waals surface area contributed by atoms with E-state index in [1.165, 1.54) is 0 Å². The van der Waals surface area contributed by atoms with Gasteiger partial charge in [-0.05, 0) is 18.2 Å². The van der Waals surface area contributed by atoms with E-state index in [0.717, 1.165) is 24.5 Å². The zero-order valence-corrected chi connectivity index (χ0v) is 12.5. The van der Waals surface area contributed by atoms with E-state index in [9.17, 15) is 12.8 Å². The van der Waals surface area contributed by atoms with Crippen LogP contribution >= 0.6 is 34.8 Å². The lowest BCUT2D eigenvalue weighted by atomic mass is 10.3. The molecule has 0 saturated heterocycles. The van der Waals surface area contributed by atoms with Crippen molar-refractivity contribution in [2.45, 2.75) is 4.90 Å². The molecule has 0 atom stereocenters. The number of halogens is 4. The van der Waals surface area contributed by atoms with Crippen LogP contribution in [0.25, 0.3) is 0 Å². The molecular weight excluding hydrogens is 352 g/mol. The Bertz CT molecular complexity index is 750. The Morgan fingerprint density at radius 3 is 2.25 bits per heavy atom. The quantitative estimate of drug-likeness (QED) is 0.856. The van der Waals surface area contributed by atoms with Crippen LogP contribution in [0.3, 0.4) is 0 Å². The lowest BCUT2D eigenvalue weighted by molar-refractivity contribution is 0.599. The zero-order chi connectivity index (χ0) is 14.9. The second-order valence-electron chi connectivity index (χ2n) is 3.51. The number of aromatic nitrogens is 2. The van der Waals surface area contributed by atoms with Gasteiger partial charge in [-0.3, -0.25) is 4.72 Å². The molecule has 0 aliphatic carbocycles. The van der Waals surface area contributed by atoms with Gasteiger partial charge in [-0.25, -0.2) is 22.8 Å². The van der Waals surface area contributed by atoms with Crippen molar-refractivity contribution in [3.8, 4) is 0 Å². The van der Waals surface area contributed by atoms with Crippen LogP contribution in [0.5, 0.6) is 0 Å². The highest BCUT2D eigenvalue weighted by molar-refractivity contribution is 7.92. The average Bonchev–Trinajstić information content (AvgIpc) is 2.37. The van der Waals surface area contributed by atoms with Gasteiger partial charge in [0, 0.05) is 0 Å². The summed E-state index contributed by atoms with van der Waals surface area (Å²) in [6, 6.07) is 2.95. The fourth-order valence-electron chi connectivity index (χ4n) is 1.27. The maximum atomic E-state index is 13.0. The molecule has 0 spiro atoms. The standard InChI is InChI=1S/C10H5Cl3FN3O2S/c11-6-3-5(1-2-7(6)14)20(18,19)17-8-9(12)15-4-16-10(8)13/h1-4,17H. The Labute approximate surface area is 128 Å². The molecule has 0 amide bonds. The van der Waals surface area contributed by atoms with Gasteiger partial charge < -0.3 is 0 Å². The molecule has 0 fully saturated rings. The summed E-state index contributed by atoms with van der Waals surface area (Å²) in [5, 5.41) is -0.655. The third-order valence-electron chi connectivity index (χ3n) is 2.19. The normalized spacial score (nSPS) is 11.4. The molecule has 2 aromatic rings. The Hall–Kier alpha value is -1.15. The second-order valence-corrected chi connectivity index (χ2v) is 6.32. The largest absolute Gasteiger partial charge is 0.274 e. The van der Waals surface area contributed by atoms with Gasteiger partial charge in [0.2, 0.25) is 0 Å². The molecule has 0 radical (unpaired) electrons. The minimum Gasteiger partial charge on any atom is -0.274 e. The Balaban J connectivity index is 2.43. The number of anilines is 1. The first-order valence-electron chi connectivity index (χ1n) is 4.95. The highest BCUT2D eigenvalue weighted by Crippen LogP contribution is 2.29. The molecule has 0 aliphatic heterocycles. The lowest BCUT2D eigenvalue weighted by Crippen LogP contribution is -2.14. The fourth-order valence-corrected chi connectivity index (χ4v) is 3.13. The molecule has 0 saturated carbocycles. The first-order valence-corrected chi connectivity index (χ1v) is 7.57. The van der Waals surface area contributed by atoms with E-state index in [1.807, 2.05) is 0 Å². The third-order valence-corrected chi connectivity index (χ3v) is 4.40. The zero-order valence-electron chi connectivity index (χ0n) is 9.44. The minimum atomic E-state index is -4.05. The molecule has 0 unspecified atom stereocenters. The summed E-state index contributed by atoms with van der Waals surface area (Å²) in [5.74, 6) is -0.732. The van der Waals surface area contributed by atoms with Gasteiger partial charge in [0.15, 0.2) is 10.3 Å². The van der Waals surface area contributed by atoms with Gasteiger partial charge in [0.05, 0.1) is 9.92 Å². The van der Waals surface area contributed by atoms with E-state index in [4.69, 9.17) is 34.8 Å². The van der Waals surface area contributed by atoms with Gasteiger partial charge >= 0.3 is 0 Å². The van der Waals surface area contributed by atoms with Crippen LogP contribution < -0.4 is 4.72 Å². The number of hydrogen-bond acceptors (Lipinski definition) is 4. The number of hydrogen-bond donors (Lipinski definition) is 1. The molecule has 1 N–H and O–H groups in total. The molecule has 1 aromatic carbocycles. The van der Waals surface area contributed by atoms with Crippen molar-refractivity contribution in [2.24, 2.45) is 0 Å². The molecule has 0 aliphatic rings. The summed E-state index contributed by atoms with van der Waals surface area (Å²) < 4.78 is 39.4. The predicted molar refractivity (Wildman–Crippen MR) is 74.3 cm³/mol. The van der Waals surface area contributed by atoms with Crippen LogP contribution in [0.15, 0.2) is 29.4 Å². The summed E-state index contributed by atoms with van der Waals surface area (Å²) >= 11 is 17.0. The molecular formula is C10H5Cl3FN3O2S. The highest BCUT2D eigenvalue weighted by atomic mass is 35.5. The topological polar surface area (TPSA) is 72.0 Å². The van der Waals surface area contributed by atoms with Crippen LogP contribution in [-0.4, -0.2) is 18.4 Å². The van der Waals surface area contributed by atoms with Crippen molar-refractivity contribution in [1.29, 1.82) is 0 Å². The van der Waals surface area contributed by atoms with Gasteiger partial charge in [0.1, 0.15) is 17.8 Å². The Morgan fingerprint density at radius 2 is 1.70 bits per heavy atom. The summed E-state index contributed by atoms with van der Waals surface area (Å²) in [5.41, 5.74) is -0.170. The number of nitrogens with zero attached hydrogens (tertiary/aromatic N) is 2. The molecule has 5 nitrogen and oxygen atoms in total. The van der Waals surface area contributed by atoms with Crippen molar-refractivity contribution >= 4 is 50.5 Å². The SMILES string of the molecule is O=S(=O)(Nc1c(Cl)ncnc1Cl)c1ccc(F)c(Cl)c1. The number of sulfonamides is 1. The van der Waals surface area contributed by atoms with E-state index in [-0.39, 0.29) is 25.9 Å². The maximum absolute atomic E-state index is 13.0. The van der Waals surface area contributed by atoms with Gasteiger partial charge in [-0.2, -0.15) is 0 Å². The lowest BCUT2D eigenvalue weighted by Gasteiger charge is -2.10. The Morgan fingerprint density at radius 1 is 1.10 bits per heavy atom. The molecule has 10 heteroatoms. The number of nitrogens with one attached hydrogen (secondary N) is 1. The number of benzene rings is 1. The molecule has 2 rings (SSSR count). The summed E-state index contributed by atoms with van der Waals surface area (Å²) in [6.07, 6.45) is 1.08. The summed E-state index contributed by atoms with van der Waals surface area (Å²) in [4.78, 5) is 6.96. The predicted octanol–water partition coefficient (Wildman–Crippen LogP) is 3.38. The van der Waals surface area contributed by atoms with Crippen molar-refractivity contribution in [3.05, 3.63) is 45.7 Å². The van der Waals surface area contributed by atoms with Crippen molar-refractivity contribution < 1.29 is 12.8 Å².